The fourth-order valence-electron chi connectivity index (χ4n) is 3.36. The molecule has 0 unspecified atom stereocenters. The van der Waals surface area contributed by atoms with Gasteiger partial charge in [-0.3, -0.25) is 14.3 Å². The molecule has 0 bridgehead atoms. The third-order valence-electron chi connectivity index (χ3n) is 4.98. The normalized spacial score (nSPS) is 13.9. The van der Waals surface area contributed by atoms with E-state index in [1.165, 1.54) is 42.2 Å². The number of sulfonamides is 1. The van der Waals surface area contributed by atoms with Gasteiger partial charge >= 0.3 is 6.09 Å². The van der Waals surface area contributed by atoms with Gasteiger partial charge in [0.25, 0.3) is 15.9 Å². The van der Waals surface area contributed by atoms with Crippen molar-refractivity contribution in [1.29, 1.82) is 0 Å². The van der Waals surface area contributed by atoms with Crippen molar-refractivity contribution in [2.45, 2.75) is 18.7 Å². The number of piperazine rings is 1. The maximum absolute atomic E-state index is 13.1. The van der Waals surface area contributed by atoms with Gasteiger partial charge in [0.15, 0.2) is 0 Å². The quantitative estimate of drug-likeness (QED) is 0.662. The van der Waals surface area contributed by atoms with Crippen LogP contribution in [-0.2, 0) is 19.6 Å². The second-order valence-electron chi connectivity index (χ2n) is 7.33. The van der Waals surface area contributed by atoms with Crippen molar-refractivity contribution >= 4 is 39.3 Å². The van der Waals surface area contributed by atoms with Crippen LogP contribution in [0.1, 0.15) is 24.2 Å². The van der Waals surface area contributed by atoms with Gasteiger partial charge in [-0.2, -0.15) is 0 Å². The average Bonchev–Trinajstić information content (AvgIpc) is 2.79. The molecule has 1 heterocycles. The standard InChI is InChI=1S/C22H26N4O6S/c1-3-32-22(29)26-14-12-25(13-15-26)21(28)19-6-4-5-7-20(19)24-33(30,31)18-10-8-17(9-11-18)23-16(2)27/h4-11,24H,3,12-15H2,1-2H3,(H,23,27). The summed E-state index contributed by atoms with van der Waals surface area (Å²) in [5.74, 6) is -0.600. The Morgan fingerprint density at radius 2 is 1.55 bits per heavy atom. The lowest BCUT2D eigenvalue weighted by Gasteiger charge is -2.34. The molecule has 11 heteroatoms. The zero-order chi connectivity index (χ0) is 24.0. The van der Waals surface area contributed by atoms with Crippen LogP contribution < -0.4 is 10.0 Å². The lowest BCUT2D eigenvalue weighted by atomic mass is 10.1. The Balaban J connectivity index is 1.73. The summed E-state index contributed by atoms with van der Waals surface area (Å²) in [4.78, 5) is 39.2. The van der Waals surface area contributed by atoms with Crippen molar-refractivity contribution in [2.75, 3.05) is 42.8 Å². The summed E-state index contributed by atoms with van der Waals surface area (Å²) < 4.78 is 33.2. The number of ether oxygens (including phenoxy) is 1. The number of carbonyl (C=O) groups excluding carboxylic acids is 3. The molecule has 0 atom stereocenters. The molecular weight excluding hydrogens is 448 g/mol. The molecule has 0 saturated carbocycles. The minimum atomic E-state index is -3.97. The van der Waals surface area contributed by atoms with Gasteiger partial charge in [0.2, 0.25) is 5.91 Å². The van der Waals surface area contributed by atoms with Gasteiger partial charge in [-0.05, 0) is 43.3 Å². The number of anilines is 2. The minimum Gasteiger partial charge on any atom is -0.450 e. The summed E-state index contributed by atoms with van der Waals surface area (Å²) >= 11 is 0. The third-order valence-corrected chi connectivity index (χ3v) is 6.36. The summed E-state index contributed by atoms with van der Waals surface area (Å²) in [6.45, 7) is 4.65. The summed E-state index contributed by atoms with van der Waals surface area (Å²) in [6.07, 6.45) is -0.415. The van der Waals surface area contributed by atoms with Gasteiger partial charge in [0.05, 0.1) is 22.8 Å². The third kappa shape index (κ3) is 6.01. The summed E-state index contributed by atoms with van der Waals surface area (Å²) in [6, 6.07) is 12.1. The van der Waals surface area contributed by atoms with Gasteiger partial charge < -0.3 is 19.9 Å². The molecule has 0 aliphatic carbocycles. The van der Waals surface area contributed by atoms with E-state index in [-0.39, 0.29) is 34.6 Å². The zero-order valence-corrected chi connectivity index (χ0v) is 19.2. The number of carbonyl (C=O) groups is 3. The Morgan fingerprint density at radius 1 is 0.939 bits per heavy atom. The number of hydrogen-bond donors (Lipinski definition) is 2. The highest BCUT2D eigenvalue weighted by atomic mass is 32.2. The first-order valence-corrected chi connectivity index (χ1v) is 11.9. The fraction of sp³-hybridized carbons (Fsp3) is 0.318. The van der Waals surface area contributed by atoms with Gasteiger partial charge in [-0.15, -0.1) is 0 Å². The number of rotatable bonds is 6. The van der Waals surface area contributed by atoms with Crippen LogP contribution in [0.3, 0.4) is 0 Å². The molecule has 0 radical (unpaired) electrons. The summed E-state index contributed by atoms with van der Waals surface area (Å²) in [5.41, 5.74) is 0.834. The van der Waals surface area contributed by atoms with E-state index in [1.54, 1.807) is 30.0 Å². The molecule has 0 aromatic heterocycles. The first-order chi connectivity index (χ1) is 15.7. The second kappa shape index (κ2) is 10.3. The first kappa shape index (κ1) is 24.1. The molecule has 1 aliphatic heterocycles. The predicted molar refractivity (Wildman–Crippen MR) is 122 cm³/mol. The van der Waals surface area contributed by atoms with Gasteiger partial charge in [-0.1, -0.05) is 12.1 Å². The summed E-state index contributed by atoms with van der Waals surface area (Å²) in [7, 11) is -3.97. The largest absolute Gasteiger partial charge is 0.450 e. The van der Waals surface area contributed by atoms with Crippen molar-refractivity contribution in [3.8, 4) is 0 Å². The Morgan fingerprint density at radius 3 is 2.15 bits per heavy atom. The number of nitrogens with zero attached hydrogens (tertiary/aromatic N) is 2. The second-order valence-corrected chi connectivity index (χ2v) is 9.02. The predicted octanol–water partition coefficient (Wildman–Crippen LogP) is 2.36. The molecular formula is C22H26N4O6S. The SMILES string of the molecule is CCOC(=O)N1CCN(C(=O)c2ccccc2NS(=O)(=O)c2ccc(NC(C)=O)cc2)CC1. The zero-order valence-electron chi connectivity index (χ0n) is 18.4. The van der Waals surface area contributed by atoms with Gasteiger partial charge in [0, 0.05) is 38.8 Å². The van der Waals surface area contributed by atoms with Crippen molar-refractivity contribution in [1.82, 2.24) is 9.80 Å². The van der Waals surface area contributed by atoms with Gasteiger partial charge in [0.1, 0.15) is 0 Å². The molecule has 2 N–H and O–H groups in total. The molecule has 1 saturated heterocycles. The smallest absolute Gasteiger partial charge is 0.409 e. The first-order valence-electron chi connectivity index (χ1n) is 10.4. The number of hydrogen-bond acceptors (Lipinski definition) is 6. The molecule has 3 amide bonds. The Labute approximate surface area is 192 Å². The van der Waals surface area contributed by atoms with Crippen LogP contribution in [0.2, 0.25) is 0 Å². The highest BCUT2D eigenvalue weighted by Crippen LogP contribution is 2.23. The monoisotopic (exact) mass is 474 g/mol. The van der Waals surface area contributed by atoms with Crippen molar-refractivity contribution in [2.24, 2.45) is 0 Å². The van der Waals surface area contributed by atoms with Crippen molar-refractivity contribution in [3.05, 3.63) is 54.1 Å². The Kier molecular flexibility index (Phi) is 7.54. The van der Waals surface area contributed by atoms with E-state index >= 15 is 0 Å². The molecule has 10 nitrogen and oxygen atoms in total. The van der Waals surface area contributed by atoms with E-state index in [1.807, 2.05) is 0 Å². The Hall–Kier alpha value is -3.60. The van der Waals surface area contributed by atoms with Crippen LogP contribution in [0.4, 0.5) is 16.2 Å². The van der Waals surface area contributed by atoms with Crippen molar-refractivity contribution in [3.63, 3.8) is 0 Å². The molecule has 33 heavy (non-hydrogen) atoms. The van der Waals surface area contributed by atoms with E-state index in [4.69, 9.17) is 4.74 Å². The lowest BCUT2D eigenvalue weighted by molar-refractivity contribution is -0.114. The van der Waals surface area contributed by atoms with Crippen LogP contribution in [0.15, 0.2) is 53.4 Å². The van der Waals surface area contributed by atoms with Crippen LogP contribution in [0.5, 0.6) is 0 Å². The number of nitrogens with one attached hydrogen (secondary N) is 2. The molecule has 1 aliphatic rings. The minimum absolute atomic E-state index is 0.0121. The molecule has 1 fully saturated rings. The number of benzene rings is 2. The number of para-hydroxylation sites is 1. The van der Waals surface area contributed by atoms with E-state index < -0.39 is 16.1 Å². The van der Waals surface area contributed by atoms with E-state index in [9.17, 15) is 22.8 Å². The van der Waals surface area contributed by atoms with Crippen LogP contribution in [0, 0.1) is 0 Å². The topological polar surface area (TPSA) is 125 Å². The van der Waals surface area contributed by atoms with Crippen molar-refractivity contribution < 1.29 is 27.5 Å². The highest BCUT2D eigenvalue weighted by molar-refractivity contribution is 7.92. The van der Waals surface area contributed by atoms with Crippen LogP contribution in [-0.4, -0.2) is 68.9 Å². The van der Waals surface area contributed by atoms with Gasteiger partial charge in [-0.25, -0.2) is 13.2 Å². The maximum atomic E-state index is 13.1. The van der Waals surface area contributed by atoms with Crippen LogP contribution >= 0.6 is 0 Å². The molecule has 3 rings (SSSR count). The number of amides is 3. The molecule has 2 aromatic rings. The summed E-state index contributed by atoms with van der Waals surface area (Å²) in [5, 5.41) is 2.57. The molecule has 0 spiro atoms. The lowest BCUT2D eigenvalue weighted by Crippen LogP contribution is -2.50. The fourth-order valence-corrected chi connectivity index (χ4v) is 4.44. The maximum Gasteiger partial charge on any atom is 0.409 e. The average molecular weight is 475 g/mol. The molecule has 176 valence electrons. The molecule has 2 aromatic carbocycles. The van der Waals surface area contributed by atoms with E-state index in [0.717, 1.165) is 0 Å². The Bertz CT molecular complexity index is 1130. The van der Waals surface area contributed by atoms with E-state index in [2.05, 4.69) is 10.0 Å². The van der Waals surface area contributed by atoms with Crippen LogP contribution in [0.25, 0.3) is 0 Å². The highest BCUT2D eigenvalue weighted by Gasteiger charge is 2.27. The van der Waals surface area contributed by atoms with E-state index in [0.29, 0.717) is 31.9 Å².